The van der Waals surface area contributed by atoms with Crippen molar-refractivity contribution in [3.63, 3.8) is 0 Å². The summed E-state index contributed by atoms with van der Waals surface area (Å²) in [5.74, 6) is 0.895. The van der Waals surface area contributed by atoms with E-state index >= 15 is 0 Å². The summed E-state index contributed by atoms with van der Waals surface area (Å²) in [5.41, 5.74) is 6.33. The van der Waals surface area contributed by atoms with Crippen molar-refractivity contribution in [2.45, 2.75) is 13.0 Å². The van der Waals surface area contributed by atoms with Gasteiger partial charge in [0, 0.05) is 17.1 Å². The van der Waals surface area contributed by atoms with Crippen LogP contribution in [0.4, 0.5) is 17.1 Å². The summed E-state index contributed by atoms with van der Waals surface area (Å²) < 4.78 is 0. The van der Waals surface area contributed by atoms with Gasteiger partial charge in [-0.1, -0.05) is 91.0 Å². The minimum absolute atomic E-state index is 0.0458. The largest absolute Gasteiger partial charge is 0.313 e. The molecule has 0 spiro atoms. The van der Waals surface area contributed by atoms with Crippen LogP contribution in [0.2, 0.25) is 0 Å². The van der Waals surface area contributed by atoms with E-state index in [2.05, 4.69) is 96.8 Å². The second-order valence-electron chi connectivity index (χ2n) is 8.40. The van der Waals surface area contributed by atoms with Crippen molar-refractivity contribution in [2.75, 3.05) is 9.91 Å². The Labute approximate surface area is 199 Å². The topological polar surface area (TPSA) is 31.7 Å². The van der Waals surface area contributed by atoms with E-state index in [1.165, 1.54) is 5.56 Å². The summed E-state index contributed by atoms with van der Waals surface area (Å²) in [5, 5.41) is 8.39. The fourth-order valence-electron chi connectivity index (χ4n) is 4.64. The Hall–Kier alpha value is -4.44. The molecular weight excluding hydrogens is 416 g/mol. The third kappa shape index (κ3) is 3.41. The third-order valence-electron chi connectivity index (χ3n) is 6.32. The van der Waals surface area contributed by atoms with Crippen LogP contribution in [-0.4, -0.2) is 10.8 Å². The molecule has 0 saturated heterocycles. The van der Waals surface area contributed by atoms with Crippen LogP contribution in [0, 0.1) is 0 Å². The standard InChI is InChI=1S/C30H24N4/c1-22(23-12-5-2-6-13-23)33-29-27(20-19-24-16-11-21-31-28(24)29)34(26-17-9-4-10-18-26)32-30(33)25-14-7-3-8-15-25/h2-22H,1H3. The van der Waals surface area contributed by atoms with Crippen molar-refractivity contribution in [1.82, 2.24) is 4.98 Å². The molecular formula is C30H24N4. The van der Waals surface area contributed by atoms with Crippen LogP contribution in [0.15, 0.2) is 127 Å². The molecule has 0 N–H and O–H groups in total. The van der Waals surface area contributed by atoms with Crippen LogP contribution < -0.4 is 9.91 Å². The molecule has 4 nitrogen and oxygen atoms in total. The van der Waals surface area contributed by atoms with E-state index in [1.807, 2.05) is 41.5 Å². The number of amidine groups is 1. The van der Waals surface area contributed by atoms with Crippen LogP contribution >= 0.6 is 0 Å². The SMILES string of the molecule is CC(c1ccccc1)N1C(c2ccccc2)=NN(c2ccccc2)c2ccc3cccnc3c21. The summed E-state index contributed by atoms with van der Waals surface area (Å²) in [7, 11) is 0. The molecule has 4 aromatic carbocycles. The number of aromatic nitrogens is 1. The van der Waals surface area contributed by atoms with E-state index in [0.717, 1.165) is 39.4 Å². The molecule has 0 aliphatic carbocycles. The number of para-hydroxylation sites is 1. The smallest absolute Gasteiger partial charge is 0.161 e. The fourth-order valence-corrected chi connectivity index (χ4v) is 4.64. The maximum absolute atomic E-state index is 5.25. The highest BCUT2D eigenvalue weighted by Gasteiger charge is 2.33. The number of fused-ring (bicyclic) bond motifs is 3. The molecule has 1 aliphatic heterocycles. The highest BCUT2D eigenvalue weighted by atomic mass is 15.5. The Balaban J connectivity index is 1.67. The minimum Gasteiger partial charge on any atom is -0.313 e. The lowest BCUT2D eigenvalue weighted by Gasteiger charge is -2.40. The first-order valence-electron chi connectivity index (χ1n) is 11.5. The van der Waals surface area contributed by atoms with E-state index < -0.39 is 0 Å². The van der Waals surface area contributed by atoms with Crippen molar-refractivity contribution in [2.24, 2.45) is 5.10 Å². The Morgan fingerprint density at radius 1 is 0.676 bits per heavy atom. The van der Waals surface area contributed by atoms with Gasteiger partial charge in [0.15, 0.2) is 5.84 Å². The van der Waals surface area contributed by atoms with E-state index in [4.69, 9.17) is 10.1 Å². The normalized spacial score (nSPS) is 14.0. The van der Waals surface area contributed by atoms with Crippen molar-refractivity contribution >= 4 is 33.8 Å². The zero-order chi connectivity index (χ0) is 22.9. The molecule has 0 radical (unpaired) electrons. The van der Waals surface area contributed by atoms with Crippen LogP contribution in [0.5, 0.6) is 0 Å². The summed E-state index contributed by atoms with van der Waals surface area (Å²) in [6.45, 7) is 2.23. The van der Waals surface area contributed by atoms with E-state index in [9.17, 15) is 0 Å². The summed E-state index contributed by atoms with van der Waals surface area (Å²) in [6, 6.07) is 39.7. The van der Waals surface area contributed by atoms with Crippen molar-refractivity contribution in [1.29, 1.82) is 0 Å². The van der Waals surface area contributed by atoms with Gasteiger partial charge < -0.3 is 4.90 Å². The number of pyridine rings is 1. The van der Waals surface area contributed by atoms with Crippen molar-refractivity contribution < 1.29 is 0 Å². The van der Waals surface area contributed by atoms with Crippen molar-refractivity contribution in [3.8, 4) is 0 Å². The maximum Gasteiger partial charge on any atom is 0.161 e. The first-order valence-corrected chi connectivity index (χ1v) is 11.5. The molecule has 0 fully saturated rings. The molecule has 2 heterocycles. The molecule has 1 atom stereocenters. The lowest BCUT2D eigenvalue weighted by molar-refractivity contribution is 0.779. The van der Waals surface area contributed by atoms with E-state index in [1.54, 1.807) is 0 Å². The number of anilines is 3. The average Bonchev–Trinajstić information content (AvgIpc) is 2.93. The predicted molar refractivity (Wildman–Crippen MR) is 141 cm³/mol. The lowest BCUT2D eigenvalue weighted by Crippen LogP contribution is -2.40. The molecule has 4 heteroatoms. The van der Waals surface area contributed by atoms with Crippen LogP contribution in [0.1, 0.15) is 24.1 Å². The molecule has 5 aromatic rings. The van der Waals surface area contributed by atoms with Gasteiger partial charge in [-0.05, 0) is 36.8 Å². The van der Waals surface area contributed by atoms with Gasteiger partial charge in [-0.15, -0.1) is 5.10 Å². The summed E-state index contributed by atoms with van der Waals surface area (Å²) in [6.07, 6.45) is 1.87. The second-order valence-corrected chi connectivity index (χ2v) is 8.40. The number of hydrazone groups is 1. The molecule has 0 amide bonds. The predicted octanol–water partition coefficient (Wildman–Crippen LogP) is 7.32. The molecule has 6 rings (SSSR count). The summed E-state index contributed by atoms with van der Waals surface area (Å²) in [4.78, 5) is 7.20. The molecule has 1 aromatic heterocycles. The van der Waals surface area contributed by atoms with Gasteiger partial charge in [-0.3, -0.25) is 4.98 Å². The summed E-state index contributed by atoms with van der Waals surface area (Å²) >= 11 is 0. The zero-order valence-corrected chi connectivity index (χ0v) is 18.9. The molecule has 0 saturated carbocycles. The average molecular weight is 441 g/mol. The first kappa shape index (κ1) is 20.2. The van der Waals surface area contributed by atoms with Gasteiger partial charge in [-0.2, -0.15) is 0 Å². The molecule has 164 valence electrons. The Morgan fingerprint density at radius 2 is 1.35 bits per heavy atom. The fraction of sp³-hybridized carbons (Fsp3) is 0.0667. The van der Waals surface area contributed by atoms with Gasteiger partial charge in [0.05, 0.1) is 28.6 Å². The van der Waals surface area contributed by atoms with Crippen LogP contribution in [-0.2, 0) is 0 Å². The van der Waals surface area contributed by atoms with Gasteiger partial charge >= 0.3 is 0 Å². The lowest BCUT2D eigenvalue weighted by atomic mass is 10.0. The molecule has 1 aliphatic rings. The van der Waals surface area contributed by atoms with Gasteiger partial charge in [0.1, 0.15) is 0 Å². The van der Waals surface area contributed by atoms with Crippen LogP contribution in [0.3, 0.4) is 0 Å². The molecule has 0 bridgehead atoms. The van der Waals surface area contributed by atoms with Gasteiger partial charge in [0.25, 0.3) is 0 Å². The Kier molecular flexibility index (Phi) is 5.04. The molecule has 1 unspecified atom stereocenters. The van der Waals surface area contributed by atoms with Crippen LogP contribution in [0.25, 0.3) is 10.9 Å². The maximum atomic E-state index is 5.25. The molecule has 34 heavy (non-hydrogen) atoms. The Bertz CT molecular complexity index is 1460. The van der Waals surface area contributed by atoms with Gasteiger partial charge in [-0.25, -0.2) is 5.01 Å². The minimum atomic E-state index is 0.0458. The number of rotatable bonds is 4. The highest BCUT2D eigenvalue weighted by Crippen LogP contribution is 2.46. The Morgan fingerprint density at radius 3 is 2.09 bits per heavy atom. The third-order valence-corrected chi connectivity index (χ3v) is 6.32. The quantitative estimate of drug-likeness (QED) is 0.293. The monoisotopic (exact) mass is 440 g/mol. The number of hydrogen-bond acceptors (Lipinski definition) is 4. The number of nitrogens with zero attached hydrogens (tertiary/aromatic N) is 4. The zero-order valence-electron chi connectivity index (χ0n) is 18.9. The highest BCUT2D eigenvalue weighted by molar-refractivity contribution is 6.18. The van der Waals surface area contributed by atoms with Crippen molar-refractivity contribution in [3.05, 3.63) is 133 Å². The van der Waals surface area contributed by atoms with Gasteiger partial charge in [0.2, 0.25) is 0 Å². The number of hydrogen-bond donors (Lipinski definition) is 0. The van der Waals surface area contributed by atoms with E-state index in [-0.39, 0.29) is 6.04 Å². The second kappa shape index (κ2) is 8.49. The first-order chi connectivity index (χ1) is 16.8. The van der Waals surface area contributed by atoms with E-state index in [0.29, 0.717) is 0 Å². The number of benzene rings is 4.